The fraction of sp³-hybridized carbons (Fsp3) is 0.778. The maximum atomic E-state index is 11.6. The van der Waals surface area contributed by atoms with E-state index in [1.807, 2.05) is 0 Å². The second kappa shape index (κ2) is 5.83. The van der Waals surface area contributed by atoms with Crippen LogP contribution in [0.5, 0.6) is 0 Å². The maximum absolute atomic E-state index is 11.6. The Hall–Kier alpha value is -1.11. The van der Waals surface area contributed by atoms with Crippen molar-refractivity contribution in [2.75, 3.05) is 12.9 Å². The third-order valence-electron chi connectivity index (χ3n) is 2.36. The van der Waals surface area contributed by atoms with Gasteiger partial charge in [0.2, 0.25) is 0 Å². The van der Waals surface area contributed by atoms with Gasteiger partial charge in [0.1, 0.15) is 0 Å². The highest BCUT2D eigenvalue weighted by atomic mass is 32.2. The third-order valence-corrected chi connectivity index (χ3v) is 4.37. The Kier molecular flexibility index (Phi) is 5.43. The fourth-order valence-electron chi connectivity index (χ4n) is 1.12. The van der Waals surface area contributed by atoms with Gasteiger partial charge in [0, 0.05) is 12.5 Å². The monoisotopic (exact) mass is 251 g/mol. The third kappa shape index (κ3) is 3.48. The Morgan fingerprint density at radius 3 is 2.50 bits per heavy atom. The van der Waals surface area contributed by atoms with Crippen LogP contribution in [-0.2, 0) is 19.4 Å². The summed E-state index contributed by atoms with van der Waals surface area (Å²) < 4.78 is 26.3. The van der Waals surface area contributed by atoms with Crippen molar-refractivity contribution in [3.8, 4) is 0 Å². The minimum absolute atomic E-state index is 0.0225. The Bertz CT molecular complexity index is 362. The molecule has 0 aromatic heterocycles. The van der Waals surface area contributed by atoms with Gasteiger partial charge in [-0.15, -0.1) is 5.16 Å². The number of esters is 1. The quantitative estimate of drug-likeness (QED) is 0.323. The Balaban J connectivity index is 4.97. The highest BCUT2D eigenvalue weighted by molar-refractivity contribution is 7.92. The van der Waals surface area contributed by atoms with Crippen molar-refractivity contribution in [2.24, 2.45) is 5.16 Å². The van der Waals surface area contributed by atoms with E-state index < -0.39 is 20.6 Å². The molecule has 16 heavy (non-hydrogen) atoms. The van der Waals surface area contributed by atoms with E-state index in [1.54, 1.807) is 6.92 Å². The lowest BCUT2D eigenvalue weighted by Gasteiger charge is -2.24. The fourth-order valence-corrected chi connectivity index (χ4v) is 1.97. The Labute approximate surface area is 95.2 Å². The van der Waals surface area contributed by atoms with E-state index in [4.69, 9.17) is 9.94 Å². The van der Waals surface area contributed by atoms with Crippen LogP contribution in [0.2, 0.25) is 0 Å². The molecule has 0 heterocycles. The maximum Gasteiger partial charge on any atom is 0.327 e. The van der Waals surface area contributed by atoms with Crippen molar-refractivity contribution in [3.63, 3.8) is 0 Å². The predicted octanol–water partition coefficient (Wildman–Crippen LogP) is 0.593. The smallest absolute Gasteiger partial charge is 0.327 e. The lowest BCUT2D eigenvalue weighted by Crippen LogP contribution is -2.44. The summed E-state index contributed by atoms with van der Waals surface area (Å²) in [4.78, 5) is 11.6. The molecule has 0 radical (unpaired) electrons. The van der Waals surface area contributed by atoms with Crippen LogP contribution in [0.15, 0.2) is 5.16 Å². The molecule has 0 unspecified atom stereocenters. The minimum Gasteiger partial charge on any atom is -0.465 e. The number of carbonyl (C=O) groups excluding carboxylic acids is 1. The molecular formula is C9H17NO5S. The van der Waals surface area contributed by atoms with Crippen molar-refractivity contribution in [1.82, 2.24) is 0 Å². The molecule has 0 aliphatic heterocycles. The van der Waals surface area contributed by atoms with Gasteiger partial charge in [-0.3, -0.25) is 4.79 Å². The average molecular weight is 251 g/mol. The van der Waals surface area contributed by atoms with Crippen LogP contribution in [-0.4, -0.2) is 43.4 Å². The second-order valence-electron chi connectivity index (χ2n) is 3.56. The van der Waals surface area contributed by atoms with Crippen molar-refractivity contribution in [1.29, 1.82) is 0 Å². The lowest BCUT2D eigenvalue weighted by molar-refractivity contribution is -0.145. The molecule has 1 N–H and O–H groups in total. The summed E-state index contributed by atoms with van der Waals surface area (Å²) in [6, 6.07) is 0. The summed E-state index contributed by atoms with van der Waals surface area (Å²) in [5, 5.41) is 11.0. The lowest BCUT2D eigenvalue weighted by atomic mass is 10.1. The molecule has 0 amide bonds. The molecule has 0 saturated carbocycles. The molecule has 0 fully saturated rings. The molecule has 0 spiro atoms. The average Bonchev–Trinajstić information content (AvgIpc) is 2.16. The van der Waals surface area contributed by atoms with Crippen molar-refractivity contribution < 1.29 is 23.2 Å². The molecule has 0 rings (SSSR count). The van der Waals surface area contributed by atoms with Gasteiger partial charge in [0.15, 0.2) is 14.6 Å². The van der Waals surface area contributed by atoms with E-state index in [-0.39, 0.29) is 19.4 Å². The van der Waals surface area contributed by atoms with Crippen molar-refractivity contribution in [3.05, 3.63) is 0 Å². The largest absolute Gasteiger partial charge is 0.465 e. The zero-order chi connectivity index (χ0) is 12.8. The molecule has 94 valence electrons. The van der Waals surface area contributed by atoms with Crippen LogP contribution < -0.4 is 0 Å². The number of carbonyl (C=O) groups is 1. The van der Waals surface area contributed by atoms with Crippen molar-refractivity contribution >= 4 is 22.0 Å². The van der Waals surface area contributed by atoms with Gasteiger partial charge in [-0.05, 0) is 26.7 Å². The van der Waals surface area contributed by atoms with Crippen LogP contribution in [0.25, 0.3) is 0 Å². The van der Waals surface area contributed by atoms with Crippen molar-refractivity contribution in [2.45, 2.75) is 31.4 Å². The van der Waals surface area contributed by atoms with E-state index in [0.717, 1.165) is 12.5 Å². The molecule has 1 atom stereocenters. The second-order valence-corrected chi connectivity index (χ2v) is 6.01. The number of oxime groups is 1. The predicted molar refractivity (Wildman–Crippen MR) is 59.4 cm³/mol. The summed E-state index contributed by atoms with van der Waals surface area (Å²) in [7, 11) is -3.58. The van der Waals surface area contributed by atoms with Gasteiger partial charge < -0.3 is 9.94 Å². The van der Waals surface area contributed by atoms with E-state index in [9.17, 15) is 13.2 Å². The van der Waals surface area contributed by atoms with E-state index in [1.165, 1.54) is 6.92 Å². The zero-order valence-electron chi connectivity index (χ0n) is 9.63. The first-order valence-corrected chi connectivity index (χ1v) is 6.71. The first-order valence-electron chi connectivity index (χ1n) is 4.82. The van der Waals surface area contributed by atoms with Crippen LogP contribution in [0, 0.1) is 0 Å². The number of ether oxygens (including phenoxy) is 1. The van der Waals surface area contributed by atoms with Gasteiger partial charge >= 0.3 is 5.97 Å². The number of sulfone groups is 1. The standard InChI is InChI=1S/C9H17NO5S/c1-4-15-8(11)9(2,16(3,13)14)6-5-7-10-12/h7,12H,4-6H2,1-3H3/t9-/m1/s1. The molecule has 6 nitrogen and oxygen atoms in total. The Morgan fingerprint density at radius 1 is 1.56 bits per heavy atom. The summed E-state index contributed by atoms with van der Waals surface area (Å²) in [6.07, 6.45) is 2.33. The van der Waals surface area contributed by atoms with Crippen LogP contribution in [0.1, 0.15) is 26.7 Å². The normalized spacial score (nSPS) is 15.9. The van der Waals surface area contributed by atoms with Gasteiger partial charge in [-0.1, -0.05) is 0 Å². The van der Waals surface area contributed by atoms with Crippen LogP contribution >= 0.6 is 0 Å². The molecule has 7 heteroatoms. The number of nitrogens with zero attached hydrogens (tertiary/aromatic N) is 1. The summed E-state index contributed by atoms with van der Waals surface area (Å²) in [5.41, 5.74) is 0. The van der Waals surface area contributed by atoms with E-state index in [0.29, 0.717) is 0 Å². The van der Waals surface area contributed by atoms with E-state index in [2.05, 4.69) is 5.16 Å². The number of rotatable bonds is 6. The van der Waals surface area contributed by atoms with Gasteiger partial charge in [-0.25, -0.2) is 8.42 Å². The summed E-state index contributed by atoms with van der Waals surface area (Å²) in [6.45, 7) is 3.04. The Morgan fingerprint density at radius 2 is 2.12 bits per heavy atom. The highest BCUT2D eigenvalue weighted by Crippen LogP contribution is 2.24. The van der Waals surface area contributed by atoms with Gasteiger partial charge in [0.05, 0.1) is 6.61 Å². The molecule has 0 bridgehead atoms. The van der Waals surface area contributed by atoms with Crippen LogP contribution in [0.3, 0.4) is 0 Å². The summed E-state index contributed by atoms with van der Waals surface area (Å²) in [5.74, 6) is -0.774. The first-order chi connectivity index (χ1) is 7.29. The molecule has 0 aliphatic rings. The van der Waals surface area contributed by atoms with Gasteiger partial charge in [0.25, 0.3) is 0 Å². The van der Waals surface area contributed by atoms with Crippen LogP contribution in [0.4, 0.5) is 0 Å². The molecule has 0 aromatic rings. The minimum atomic E-state index is -3.58. The topological polar surface area (TPSA) is 93.0 Å². The first kappa shape index (κ1) is 14.9. The molecule has 0 aliphatic carbocycles. The molecule has 0 aromatic carbocycles. The van der Waals surface area contributed by atoms with Gasteiger partial charge in [-0.2, -0.15) is 0 Å². The SMILES string of the molecule is CCOC(=O)[C@@](C)(CCC=NO)S(C)(=O)=O. The zero-order valence-corrected chi connectivity index (χ0v) is 10.5. The molecular weight excluding hydrogens is 234 g/mol. The molecule has 0 saturated heterocycles. The summed E-state index contributed by atoms with van der Waals surface area (Å²) >= 11 is 0. The van der Waals surface area contributed by atoms with E-state index >= 15 is 0 Å². The number of hydrogen-bond donors (Lipinski definition) is 1. The number of hydrogen-bond acceptors (Lipinski definition) is 6. The highest BCUT2D eigenvalue weighted by Gasteiger charge is 2.44.